The maximum Gasteiger partial charge on any atom is 0.191 e. The predicted octanol–water partition coefficient (Wildman–Crippen LogP) is 3.08. The Morgan fingerprint density at radius 2 is 1.92 bits per heavy atom. The average Bonchev–Trinajstić information content (AvgIpc) is 2.66. The lowest BCUT2D eigenvalue weighted by molar-refractivity contribution is 0.109. The highest BCUT2D eigenvalue weighted by molar-refractivity contribution is 14.0. The van der Waals surface area contributed by atoms with Gasteiger partial charge in [0.05, 0.1) is 6.54 Å². The lowest BCUT2D eigenvalue weighted by atomic mass is 9.97. The van der Waals surface area contributed by atoms with E-state index < -0.39 is 0 Å². The molecule has 1 atom stereocenters. The van der Waals surface area contributed by atoms with E-state index in [2.05, 4.69) is 47.3 Å². The quantitative estimate of drug-likeness (QED) is 0.244. The normalized spacial score (nSPS) is 20.9. The van der Waals surface area contributed by atoms with Crippen molar-refractivity contribution >= 4 is 29.9 Å². The predicted molar refractivity (Wildman–Crippen MR) is 124 cm³/mol. The molecule has 1 aliphatic heterocycles. The van der Waals surface area contributed by atoms with E-state index >= 15 is 0 Å². The van der Waals surface area contributed by atoms with Crippen LogP contribution < -0.4 is 10.6 Å². The summed E-state index contributed by atoms with van der Waals surface area (Å²) in [5.41, 5.74) is 1.62. The fourth-order valence-corrected chi connectivity index (χ4v) is 3.67. The Kier molecular flexibility index (Phi) is 12.6. The molecule has 2 N–H and O–H groups in total. The molecule has 2 aliphatic rings. The Hall–Kier alpha value is -0.340. The molecule has 0 aromatic rings. The van der Waals surface area contributed by atoms with E-state index in [0.29, 0.717) is 6.04 Å². The van der Waals surface area contributed by atoms with Crippen LogP contribution in [0.3, 0.4) is 0 Å². The summed E-state index contributed by atoms with van der Waals surface area (Å²) in [6, 6.07) is 0.510. The van der Waals surface area contributed by atoms with Crippen molar-refractivity contribution in [3.05, 3.63) is 11.6 Å². The third-order valence-electron chi connectivity index (χ3n) is 5.46. The van der Waals surface area contributed by atoms with E-state index in [0.717, 1.165) is 32.0 Å². The molecule has 5 nitrogen and oxygen atoms in total. The molecular formula is C20H40IN5. The van der Waals surface area contributed by atoms with Gasteiger partial charge in [0.1, 0.15) is 0 Å². The molecule has 1 unspecified atom stereocenters. The molecule has 1 fully saturated rings. The number of nitrogens with one attached hydrogen (secondary N) is 2. The van der Waals surface area contributed by atoms with Crippen LogP contribution in [0.2, 0.25) is 0 Å². The fourth-order valence-electron chi connectivity index (χ4n) is 3.67. The van der Waals surface area contributed by atoms with Crippen molar-refractivity contribution in [2.45, 2.75) is 58.9 Å². The molecule has 0 amide bonds. The molecule has 0 bridgehead atoms. The van der Waals surface area contributed by atoms with Gasteiger partial charge in [0.25, 0.3) is 0 Å². The first-order chi connectivity index (χ1) is 12.2. The molecule has 6 heteroatoms. The highest BCUT2D eigenvalue weighted by atomic mass is 127. The van der Waals surface area contributed by atoms with E-state index in [1.807, 2.05) is 0 Å². The Morgan fingerprint density at radius 1 is 1.15 bits per heavy atom. The van der Waals surface area contributed by atoms with Crippen LogP contribution in [0.15, 0.2) is 16.6 Å². The number of piperazine rings is 1. The Labute approximate surface area is 178 Å². The van der Waals surface area contributed by atoms with Gasteiger partial charge in [-0.3, -0.25) is 9.89 Å². The van der Waals surface area contributed by atoms with Crippen molar-refractivity contribution < 1.29 is 0 Å². The average molecular weight is 477 g/mol. The van der Waals surface area contributed by atoms with Gasteiger partial charge in [-0.15, -0.1) is 24.0 Å². The van der Waals surface area contributed by atoms with E-state index in [-0.39, 0.29) is 24.0 Å². The summed E-state index contributed by atoms with van der Waals surface area (Å²) >= 11 is 0. The summed E-state index contributed by atoms with van der Waals surface area (Å²) in [5, 5.41) is 6.90. The van der Waals surface area contributed by atoms with Gasteiger partial charge in [-0.25, -0.2) is 0 Å². The number of aliphatic imine (C=N–C) groups is 1. The Balaban J connectivity index is 0.00000338. The lowest BCUT2D eigenvalue weighted by Crippen LogP contribution is -2.50. The van der Waals surface area contributed by atoms with Crippen molar-refractivity contribution in [3.63, 3.8) is 0 Å². The van der Waals surface area contributed by atoms with Crippen LogP contribution in [0.25, 0.3) is 0 Å². The standard InChI is InChI=1S/C20H39N5.HI/c1-4-21-20(22-12-11-19-9-7-6-8-10-19)23-17-18(3)25-15-13-24(5-2)14-16-25;/h9,18H,4-8,10-17H2,1-3H3,(H2,21,22,23);1H. The van der Waals surface area contributed by atoms with Crippen LogP contribution in [-0.2, 0) is 0 Å². The van der Waals surface area contributed by atoms with E-state index in [9.17, 15) is 0 Å². The number of nitrogens with zero attached hydrogens (tertiary/aromatic N) is 3. The second-order valence-corrected chi connectivity index (χ2v) is 7.32. The second-order valence-electron chi connectivity index (χ2n) is 7.32. The molecule has 1 heterocycles. The van der Waals surface area contributed by atoms with Gasteiger partial charge >= 0.3 is 0 Å². The van der Waals surface area contributed by atoms with E-state index in [4.69, 9.17) is 4.99 Å². The number of rotatable bonds is 8. The molecule has 0 saturated carbocycles. The first kappa shape index (κ1) is 23.7. The maximum atomic E-state index is 4.83. The molecule has 0 radical (unpaired) electrons. The summed E-state index contributed by atoms with van der Waals surface area (Å²) in [7, 11) is 0. The molecule has 152 valence electrons. The topological polar surface area (TPSA) is 42.9 Å². The minimum atomic E-state index is 0. The number of allylic oxidation sites excluding steroid dienone is 1. The highest BCUT2D eigenvalue weighted by Crippen LogP contribution is 2.19. The van der Waals surface area contributed by atoms with Crippen molar-refractivity contribution in [1.29, 1.82) is 0 Å². The van der Waals surface area contributed by atoms with Crippen LogP contribution in [0, 0.1) is 0 Å². The van der Waals surface area contributed by atoms with Gasteiger partial charge in [0.15, 0.2) is 5.96 Å². The molecule has 0 aromatic carbocycles. The second kappa shape index (κ2) is 13.8. The van der Waals surface area contributed by atoms with Crippen LogP contribution >= 0.6 is 24.0 Å². The molecule has 2 rings (SSSR count). The third-order valence-corrected chi connectivity index (χ3v) is 5.46. The fraction of sp³-hybridized carbons (Fsp3) is 0.850. The van der Waals surface area contributed by atoms with Gasteiger partial charge in [-0.2, -0.15) is 0 Å². The number of guanidine groups is 1. The smallest absolute Gasteiger partial charge is 0.191 e. The monoisotopic (exact) mass is 477 g/mol. The molecule has 26 heavy (non-hydrogen) atoms. The summed E-state index contributed by atoms with van der Waals surface area (Å²) < 4.78 is 0. The third kappa shape index (κ3) is 8.57. The van der Waals surface area contributed by atoms with E-state index in [1.54, 1.807) is 5.57 Å². The van der Waals surface area contributed by atoms with Gasteiger partial charge in [0.2, 0.25) is 0 Å². The number of likely N-dealkylation sites (N-methyl/N-ethyl adjacent to an activating group) is 1. The molecule has 1 saturated heterocycles. The summed E-state index contributed by atoms with van der Waals surface area (Å²) in [4.78, 5) is 9.93. The first-order valence-corrected chi connectivity index (χ1v) is 10.4. The first-order valence-electron chi connectivity index (χ1n) is 10.4. The van der Waals surface area contributed by atoms with Crippen molar-refractivity contribution in [1.82, 2.24) is 20.4 Å². The van der Waals surface area contributed by atoms with Crippen LogP contribution in [0.1, 0.15) is 52.9 Å². The van der Waals surface area contributed by atoms with Gasteiger partial charge in [-0.1, -0.05) is 18.6 Å². The molecule has 0 spiro atoms. The van der Waals surface area contributed by atoms with E-state index in [1.165, 1.54) is 58.4 Å². The van der Waals surface area contributed by atoms with Crippen LogP contribution in [-0.4, -0.2) is 74.2 Å². The zero-order chi connectivity index (χ0) is 17.9. The Bertz CT molecular complexity index is 430. The minimum absolute atomic E-state index is 0. The SMILES string of the molecule is CCNC(=NCC(C)N1CCN(CC)CC1)NCCC1=CCCCC1.I. The largest absolute Gasteiger partial charge is 0.357 e. The molecule has 0 aromatic heterocycles. The summed E-state index contributed by atoms with van der Waals surface area (Å²) in [6.45, 7) is 15.4. The number of halogens is 1. The summed E-state index contributed by atoms with van der Waals surface area (Å²) in [5.74, 6) is 0.970. The number of hydrogen-bond acceptors (Lipinski definition) is 3. The van der Waals surface area contributed by atoms with Gasteiger partial charge in [0, 0.05) is 45.3 Å². The Morgan fingerprint density at radius 3 is 2.54 bits per heavy atom. The van der Waals surface area contributed by atoms with Gasteiger partial charge in [-0.05, 0) is 52.5 Å². The van der Waals surface area contributed by atoms with Gasteiger partial charge < -0.3 is 15.5 Å². The van der Waals surface area contributed by atoms with Crippen molar-refractivity contribution in [3.8, 4) is 0 Å². The zero-order valence-corrected chi connectivity index (χ0v) is 19.4. The van der Waals surface area contributed by atoms with Crippen molar-refractivity contribution in [2.75, 3.05) is 52.4 Å². The zero-order valence-electron chi connectivity index (χ0n) is 17.1. The lowest BCUT2D eigenvalue weighted by Gasteiger charge is -2.37. The van der Waals surface area contributed by atoms with Crippen molar-refractivity contribution in [2.24, 2.45) is 4.99 Å². The van der Waals surface area contributed by atoms with Crippen LogP contribution in [0.4, 0.5) is 0 Å². The minimum Gasteiger partial charge on any atom is -0.357 e. The molecule has 1 aliphatic carbocycles. The maximum absolute atomic E-state index is 4.83. The number of hydrogen-bond donors (Lipinski definition) is 2. The highest BCUT2D eigenvalue weighted by Gasteiger charge is 2.19. The van der Waals surface area contributed by atoms with Crippen LogP contribution in [0.5, 0.6) is 0 Å². The summed E-state index contributed by atoms with van der Waals surface area (Å²) in [6.07, 6.45) is 8.88. The molecular weight excluding hydrogens is 437 g/mol.